The number of fused-ring (bicyclic) bond motifs is 1. The van der Waals surface area contributed by atoms with Crippen molar-refractivity contribution < 1.29 is 40.7 Å². The van der Waals surface area contributed by atoms with Crippen LogP contribution in [0.3, 0.4) is 0 Å². The van der Waals surface area contributed by atoms with Crippen molar-refractivity contribution >= 4 is 62.4 Å². The highest BCUT2D eigenvalue weighted by atomic mass is 32.2. The largest absolute Gasteiger partial charge is 0.471 e. The van der Waals surface area contributed by atoms with Gasteiger partial charge in [-0.2, -0.15) is 26.3 Å². The van der Waals surface area contributed by atoms with Gasteiger partial charge in [-0.1, -0.05) is 17.8 Å². The van der Waals surface area contributed by atoms with E-state index in [9.17, 15) is 35.9 Å². The number of benzene rings is 1. The van der Waals surface area contributed by atoms with E-state index in [-0.39, 0.29) is 38.4 Å². The number of rotatable bonds is 6. The average molecular weight is 524 g/mol. The number of thioether (sulfide) groups is 1. The van der Waals surface area contributed by atoms with E-state index in [4.69, 9.17) is 4.74 Å². The molecule has 182 valence electrons. The molecule has 34 heavy (non-hydrogen) atoms. The van der Waals surface area contributed by atoms with Gasteiger partial charge in [0.1, 0.15) is 15.5 Å². The Morgan fingerprint density at radius 2 is 1.85 bits per heavy atom. The molecule has 0 radical (unpaired) electrons. The standard InChI is InChI=1S/C19H14F6N4O3S2/c1-3-32-15(30)12-11(27-16(31)19(23,24)25)10-13(28-17(33-2)29-14(10)34-12)26-9-6-4-5-8(7-9)18(20,21)22/h4-7H,3H2,1-2H3,(H,27,31)(H,26,28,29). The zero-order chi connectivity index (χ0) is 25.3. The average Bonchev–Trinajstić information content (AvgIpc) is 3.11. The van der Waals surface area contributed by atoms with Crippen molar-refractivity contribution in [3.8, 4) is 0 Å². The number of carbonyl (C=O) groups is 2. The first-order valence-electron chi connectivity index (χ1n) is 9.23. The number of amides is 1. The van der Waals surface area contributed by atoms with E-state index in [1.54, 1.807) is 11.6 Å². The Bertz CT molecular complexity index is 1240. The number of ether oxygens (including phenoxy) is 1. The summed E-state index contributed by atoms with van der Waals surface area (Å²) in [5.41, 5.74) is -1.63. The molecule has 0 atom stereocenters. The minimum atomic E-state index is -5.28. The van der Waals surface area contributed by atoms with Crippen molar-refractivity contribution in [2.45, 2.75) is 24.4 Å². The fourth-order valence-corrected chi connectivity index (χ4v) is 4.16. The van der Waals surface area contributed by atoms with E-state index >= 15 is 0 Å². The highest BCUT2D eigenvalue weighted by Gasteiger charge is 2.40. The Hall–Kier alpha value is -3.07. The van der Waals surface area contributed by atoms with Gasteiger partial charge in [0.15, 0.2) is 5.16 Å². The Kier molecular flexibility index (Phi) is 7.26. The molecular formula is C19H14F6N4O3S2. The number of hydrogen-bond acceptors (Lipinski definition) is 8. The number of halogens is 6. The van der Waals surface area contributed by atoms with Crippen LogP contribution in [0, 0.1) is 0 Å². The predicted molar refractivity (Wildman–Crippen MR) is 115 cm³/mol. The summed E-state index contributed by atoms with van der Waals surface area (Å²) in [7, 11) is 0. The number of anilines is 3. The molecule has 0 bridgehead atoms. The van der Waals surface area contributed by atoms with Crippen molar-refractivity contribution in [3.05, 3.63) is 34.7 Å². The lowest BCUT2D eigenvalue weighted by atomic mass is 10.2. The van der Waals surface area contributed by atoms with Gasteiger partial charge < -0.3 is 15.4 Å². The SMILES string of the molecule is CCOC(=O)c1sc2nc(SC)nc(Nc3cccc(C(F)(F)F)c3)c2c1NC(=O)C(F)(F)F. The predicted octanol–water partition coefficient (Wildman–Crippen LogP) is 5.85. The molecule has 2 N–H and O–H groups in total. The molecule has 15 heteroatoms. The van der Waals surface area contributed by atoms with E-state index in [1.165, 1.54) is 13.0 Å². The first kappa shape index (κ1) is 25.6. The number of thiophene rings is 1. The van der Waals surface area contributed by atoms with Gasteiger partial charge in [0, 0.05) is 5.69 Å². The molecular weight excluding hydrogens is 510 g/mol. The fraction of sp³-hybridized carbons (Fsp3) is 0.263. The minimum absolute atomic E-state index is 0.00866. The summed E-state index contributed by atoms with van der Waals surface area (Å²) in [6, 6.07) is 4.03. The summed E-state index contributed by atoms with van der Waals surface area (Å²) in [5.74, 6) is -3.59. The van der Waals surface area contributed by atoms with Crippen molar-refractivity contribution in [1.82, 2.24) is 9.97 Å². The van der Waals surface area contributed by atoms with Gasteiger partial charge in [-0.15, -0.1) is 11.3 Å². The van der Waals surface area contributed by atoms with Gasteiger partial charge >= 0.3 is 24.2 Å². The quantitative estimate of drug-likeness (QED) is 0.181. The summed E-state index contributed by atoms with van der Waals surface area (Å²) in [4.78, 5) is 32.0. The third kappa shape index (κ3) is 5.52. The molecule has 0 aliphatic carbocycles. The number of aromatic nitrogens is 2. The topological polar surface area (TPSA) is 93.2 Å². The number of esters is 1. The van der Waals surface area contributed by atoms with Crippen LogP contribution in [0.4, 0.5) is 43.5 Å². The Morgan fingerprint density at radius 3 is 2.44 bits per heavy atom. The van der Waals surface area contributed by atoms with Crippen LogP contribution in [0.1, 0.15) is 22.2 Å². The smallest absolute Gasteiger partial charge is 0.462 e. The highest BCUT2D eigenvalue weighted by molar-refractivity contribution is 7.98. The van der Waals surface area contributed by atoms with Crippen molar-refractivity contribution in [2.24, 2.45) is 0 Å². The highest BCUT2D eigenvalue weighted by Crippen LogP contribution is 2.42. The summed E-state index contributed by atoms with van der Waals surface area (Å²) < 4.78 is 83.1. The second-order valence-electron chi connectivity index (χ2n) is 6.42. The van der Waals surface area contributed by atoms with E-state index in [1.807, 2.05) is 0 Å². The fourth-order valence-electron chi connectivity index (χ4n) is 2.72. The molecule has 0 spiro atoms. The second kappa shape index (κ2) is 9.66. The normalized spacial score (nSPS) is 12.0. The molecule has 0 fully saturated rings. The Labute approximate surface area is 195 Å². The molecule has 0 saturated heterocycles. The van der Waals surface area contributed by atoms with Crippen LogP contribution in [0.15, 0.2) is 29.4 Å². The number of carbonyl (C=O) groups excluding carboxylic acids is 2. The van der Waals surface area contributed by atoms with Crippen molar-refractivity contribution in [1.29, 1.82) is 0 Å². The molecule has 0 saturated carbocycles. The number of nitrogens with zero attached hydrogens (tertiary/aromatic N) is 2. The molecule has 7 nitrogen and oxygen atoms in total. The van der Waals surface area contributed by atoms with Gasteiger partial charge in [-0.05, 0) is 31.4 Å². The van der Waals surface area contributed by atoms with Gasteiger partial charge in [0.05, 0.1) is 23.2 Å². The third-order valence-corrected chi connectivity index (χ3v) is 5.73. The van der Waals surface area contributed by atoms with E-state index in [2.05, 4.69) is 15.3 Å². The lowest BCUT2D eigenvalue weighted by Crippen LogP contribution is -2.30. The first-order chi connectivity index (χ1) is 15.8. The lowest BCUT2D eigenvalue weighted by molar-refractivity contribution is -0.167. The van der Waals surface area contributed by atoms with Gasteiger partial charge in [-0.3, -0.25) is 4.79 Å². The molecule has 0 unspecified atom stereocenters. The zero-order valence-corrected chi connectivity index (χ0v) is 18.9. The first-order valence-corrected chi connectivity index (χ1v) is 11.3. The summed E-state index contributed by atoms with van der Waals surface area (Å²) in [5, 5.41) is 4.20. The van der Waals surface area contributed by atoms with E-state index in [0.717, 1.165) is 30.0 Å². The monoisotopic (exact) mass is 524 g/mol. The maximum atomic E-state index is 13.1. The third-order valence-electron chi connectivity index (χ3n) is 4.12. The van der Waals surface area contributed by atoms with Gasteiger partial charge in [-0.25, -0.2) is 14.8 Å². The van der Waals surface area contributed by atoms with Crippen LogP contribution in [-0.2, 0) is 15.7 Å². The molecule has 0 aliphatic heterocycles. The van der Waals surface area contributed by atoms with E-state index < -0.39 is 35.5 Å². The molecule has 3 rings (SSSR count). The maximum Gasteiger partial charge on any atom is 0.471 e. The van der Waals surface area contributed by atoms with Crippen LogP contribution >= 0.6 is 23.1 Å². The molecule has 2 heterocycles. The maximum absolute atomic E-state index is 13.1. The number of hydrogen-bond donors (Lipinski definition) is 2. The lowest BCUT2D eigenvalue weighted by Gasteiger charge is -2.13. The molecule has 0 aliphatic rings. The van der Waals surface area contributed by atoms with Crippen molar-refractivity contribution in [3.63, 3.8) is 0 Å². The van der Waals surface area contributed by atoms with Crippen LogP contribution in [0.5, 0.6) is 0 Å². The van der Waals surface area contributed by atoms with Crippen molar-refractivity contribution in [2.75, 3.05) is 23.5 Å². The summed E-state index contributed by atoms with van der Waals surface area (Å²) in [6.07, 6.45) is -8.33. The Balaban J connectivity index is 2.22. The minimum Gasteiger partial charge on any atom is -0.462 e. The molecule has 1 amide bonds. The van der Waals surface area contributed by atoms with Gasteiger partial charge in [0.25, 0.3) is 0 Å². The Morgan fingerprint density at radius 1 is 1.15 bits per heavy atom. The number of nitrogens with one attached hydrogen (secondary N) is 2. The summed E-state index contributed by atoms with van der Waals surface area (Å²) in [6.45, 7) is 1.38. The van der Waals surface area contributed by atoms with Crippen LogP contribution in [0.25, 0.3) is 10.2 Å². The van der Waals surface area contributed by atoms with Gasteiger partial charge in [0.2, 0.25) is 0 Å². The van der Waals surface area contributed by atoms with Crippen LogP contribution in [-0.4, -0.2) is 40.9 Å². The molecule has 3 aromatic rings. The zero-order valence-electron chi connectivity index (χ0n) is 17.2. The molecule has 1 aromatic carbocycles. The van der Waals surface area contributed by atoms with E-state index in [0.29, 0.717) is 11.3 Å². The second-order valence-corrected chi connectivity index (χ2v) is 8.19. The van der Waals surface area contributed by atoms with Crippen LogP contribution < -0.4 is 10.6 Å². The molecule has 2 aromatic heterocycles. The summed E-state index contributed by atoms with van der Waals surface area (Å²) >= 11 is 1.69. The van der Waals surface area contributed by atoms with Crippen LogP contribution in [0.2, 0.25) is 0 Å². The number of alkyl halides is 6.